The fraction of sp³-hybridized carbons (Fsp3) is 0.231. The Morgan fingerprint density at radius 2 is 2.06 bits per heavy atom. The van der Waals surface area contributed by atoms with Gasteiger partial charge in [0.15, 0.2) is 11.6 Å². The number of methoxy groups -OCH3 is 1. The number of anilines is 1. The Morgan fingerprint density at radius 1 is 1.28 bits per heavy atom. The third-order valence-corrected chi connectivity index (χ3v) is 2.60. The van der Waals surface area contributed by atoms with E-state index in [0.717, 1.165) is 11.3 Å². The molecule has 0 radical (unpaired) electrons. The van der Waals surface area contributed by atoms with Crippen LogP contribution in [0, 0.1) is 12.7 Å². The first-order valence-corrected chi connectivity index (χ1v) is 5.55. The van der Waals surface area contributed by atoms with E-state index < -0.39 is 5.82 Å². The van der Waals surface area contributed by atoms with Gasteiger partial charge in [-0.2, -0.15) is 0 Å². The summed E-state index contributed by atoms with van der Waals surface area (Å²) in [6, 6.07) is 7.56. The van der Waals surface area contributed by atoms with Gasteiger partial charge in [-0.3, -0.25) is 0 Å². The number of rotatable bonds is 4. The van der Waals surface area contributed by atoms with Crippen molar-refractivity contribution < 1.29 is 9.13 Å². The van der Waals surface area contributed by atoms with Crippen LogP contribution in [0.1, 0.15) is 11.3 Å². The predicted octanol–water partition coefficient (Wildman–Crippen LogP) is 2.54. The molecule has 0 bridgehead atoms. The average Bonchev–Trinajstić information content (AvgIpc) is 2.41. The Bertz CT molecular complexity index is 546. The summed E-state index contributed by atoms with van der Waals surface area (Å²) in [5.41, 5.74) is 1.27. The predicted molar refractivity (Wildman–Crippen MR) is 67.0 cm³/mol. The van der Waals surface area contributed by atoms with Crippen LogP contribution in [0.4, 0.5) is 10.2 Å². The van der Waals surface area contributed by atoms with Crippen molar-refractivity contribution in [2.45, 2.75) is 13.5 Å². The standard InChI is InChI=1S/C13H14FN3O/c1-9-12(14)13(17-8-16-9)15-7-10-5-3-4-6-11(10)18-2/h3-6,8H,7H2,1-2H3,(H,15,16,17). The molecule has 2 rings (SSSR count). The number of benzene rings is 1. The number of halogens is 1. The fourth-order valence-electron chi connectivity index (χ4n) is 1.61. The van der Waals surface area contributed by atoms with E-state index >= 15 is 0 Å². The molecule has 1 heterocycles. The molecule has 4 nitrogen and oxygen atoms in total. The summed E-state index contributed by atoms with van der Waals surface area (Å²) in [6.07, 6.45) is 1.34. The number of aryl methyl sites for hydroxylation is 1. The van der Waals surface area contributed by atoms with E-state index in [1.54, 1.807) is 14.0 Å². The van der Waals surface area contributed by atoms with Crippen LogP contribution in [0.3, 0.4) is 0 Å². The SMILES string of the molecule is COc1ccccc1CNc1ncnc(C)c1F. The van der Waals surface area contributed by atoms with Crippen molar-refractivity contribution in [1.29, 1.82) is 0 Å². The van der Waals surface area contributed by atoms with Crippen LogP contribution in [-0.4, -0.2) is 17.1 Å². The lowest BCUT2D eigenvalue weighted by Gasteiger charge is -2.10. The average molecular weight is 247 g/mol. The van der Waals surface area contributed by atoms with Gasteiger partial charge in [0.2, 0.25) is 0 Å². The maximum atomic E-state index is 13.7. The second-order valence-corrected chi connectivity index (χ2v) is 3.79. The van der Waals surface area contributed by atoms with Crippen LogP contribution in [0.2, 0.25) is 0 Å². The summed E-state index contributed by atoms with van der Waals surface area (Å²) in [5.74, 6) is 0.539. The largest absolute Gasteiger partial charge is 0.496 e. The van der Waals surface area contributed by atoms with E-state index in [4.69, 9.17) is 4.74 Å². The van der Waals surface area contributed by atoms with Crippen LogP contribution < -0.4 is 10.1 Å². The summed E-state index contributed by atoms with van der Waals surface area (Å²) < 4.78 is 18.9. The zero-order valence-electron chi connectivity index (χ0n) is 10.3. The van der Waals surface area contributed by atoms with Gasteiger partial charge in [-0.05, 0) is 13.0 Å². The zero-order valence-corrected chi connectivity index (χ0v) is 10.3. The highest BCUT2D eigenvalue weighted by Crippen LogP contribution is 2.19. The number of nitrogens with zero attached hydrogens (tertiary/aromatic N) is 2. The topological polar surface area (TPSA) is 47.0 Å². The minimum absolute atomic E-state index is 0.202. The Kier molecular flexibility index (Phi) is 3.72. The lowest BCUT2D eigenvalue weighted by Crippen LogP contribution is -2.06. The monoisotopic (exact) mass is 247 g/mol. The number of nitrogens with one attached hydrogen (secondary N) is 1. The third kappa shape index (κ3) is 2.56. The second-order valence-electron chi connectivity index (χ2n) is 3.79. The maximum Gasteiger partial charge on any atom is 0.186 e. The van der Waals surface area contributed by atoms with Crippen molar-refractivity contribution >= 4 is 5.82 Å². The molecule has 1 N–H and O–H groups in total. The van der Waals surface area contributed by atoms with Crippen LogP contribution in [0.15, 0.2) is 30.6 Å². The van der Waals surface area contributed by atoms with Gasteiger partial charge in [-0.25, -0.2) is 14.4 Å². The maximum absolute atomic E-state index is 13.7. The molecular weight excluding hydrogens is 233 g/mol. The molecule has 1 aromatic carbocycles. The Labute approximate surface area is 105 Å². The molecular formula is C13H14FN3O. The third-order valence-electron chi connectivity index (χ3n) is 2.60. The number of aromatic nitrogens is 2. The summed E-state index contributed by atoms with van der Waals surface area (Å²) in [4.78, 5) is 7.65. The van der Waals surface area contributed by atoms with Crippen LogP contribution in [0.5, 0.6) is 5.75 Å². The van der Waals surface area contributed by atoms with E-state index in [-0.39, 0.29) is 5.82 Å². The van der Waals surface area contributed by atoms with Gasteiger partial charge in [0, 0.05) is 12.1 Å². The highest BCUT2D eigenvalue weighted by Gasteiger charge is 2.08. The Balaban J connectivity index is 2.14. The lowest BCUT2D eigenvalue weighted by molar-refractivity contribution is 0.410. The van der Waals surface area contributed by atoms with Crippen molar-refractivity contribution in [2.75, 3.05) is 12.4 Å². The van der Waals surface area contributed by atoms with E-state index in [0.29, 0.717) is 12.2 Å². The molecule has 0 unspecified atom stereocenters. The quantitative estimate of drug-likeness (QED) is 0.902. The van der Waals surface area contributed by atoms with Gasteiger partial charge in [0.05, 0.1) is 12.8 Å². The first kappa shape index (κ1) is 12.3. The molecule has 0 atom stereocenters. The minimum atomic E-state index is -0.424. The van der Waals surface area contributed by atoms with Crippen molar-refractivity contribution in [3.8, 4) is 5.75 Å². The first-order valence-electron chi connectivity index (χ1n) is 5.55. The van der Waals surface area contributed by atoms with Crippen LogP contribution in [0.25, 0.3) is 0 Å². The molecule has 18 heavy (non-hydrogen) atoms. The molecule has 0 aliphatic carbocycles. The Morgan fingerprint density at radius 3 is 2.83 bits per heavy atom. The van der Waals surface area contributed by atoms with Gasteiger partial charge in [-0.1, -0.05) is 18.2 Å². The van der Waals surface area contributed by atoms with E-state index in [1.165, 1.54) is 6.33 Å². The number of ether oxygens (including phenoxy) is 1. The lowest BCUT2D eigenvalue weighted by atomic mass is 10.2. The number of hydrogen-bond donors (Lipinski definition) is 1. The second kappa shape index (κ2) is 5.44. The summed E-state index contributed by atoms with van der Waals surface area (Å²) in [6.45, 7) is 2.04. The summed E-state index contributed by atoms with van der Waals surface area (Å²) in [5, 5.41) is 2.94. The molecule has 0 fully saturated rings. The summed E-state index contributed by atoms with van der Waals surface area (Å²) >= 11 is 0. The molecule has 0 aliphatic heterocycles. The Hall–Kier alpha value is -2.17. The minimum Gasteiger partial charge on any atom is -0.496 e. The normalized spacial score (nSPS) is 10.2. The van der Waals surface area contributed by atoms with Crippen molar-refractivity contribution in [3.63, 3.8) is 0 Å². The highest BCUT2D eigenvalue weighted by molar-refractivity contribution is 5.41. The van der Waals surface area contributed by atoms with Crippen LogP contribution >= 0.6 is 0 Å². The van der Waals surface area contributed by atoms with Crippen molar-refractivity contribution in [3.05, 3.63) is 47.7 Å². The van der Waals surface area contributed by atoms with Gasteiger partial charge in [0.25, 0.3) is 0 Å². The van der Waals surface area contributed by atoms with E-state index in [1.807, 2.05) is 24.3 Å². The van der Waals surface area contributed by atoms with E-state index in [9.17, 15) is 4.39 Å². The van der Waals surface area contributed by atoms with E-state index in [2.05, 4.69) is 15.3 Å². The molecule has 2 aromatic rings. The fourth-order valence-corrected chi connectivity index (χ4v) is 1.61. The molecule has 1 aromatic heterocycles. The zero-order chi connectivity index (χ0) is 13.0. The molecule has 94 valence electrons. The van der Waals surface area contributed by atoms with Crippen molar-refractivity contribution in [2.24, 2.45) is 0 Å². The highest BCUT2D eigenvalue weighted by atomic mass is 19.1. The van der Waals surface area contributed by atoms with Crippen molar-refractivity contribution in [1.82, 2.24) is 9.97 Å². The molecule has 0 spiro atoms. The first-order chi connectivity index (χ1) is 8.72. The molecule has 0 saturated heterocycles. The molecule has 0 saturated carbocycles. The summed E-state index contributed by atoms with van der Waals surface area (Å²) in [7, 11) is 1.61. The van der Waals surface area contributed by atoms with Gasteiger partial charge in [0.1, 0.15) is 12.1 Å². The molecule has 5 heteroatoms. The van der Waals surface area contributed by atoms with Gasteiger partial charge < -0.3 is 10.1 Å². The van der Waals surface area contributed by atoms with Gasteiger partial charge >= 0.3 is 0 Å². The number of para-hydroxylation sites is 1. The van der Waals surface area contributed by atoms with Gasteiger partial charge in [-0.15, -0.1) is 0 Å². The number of hydrogen-bond acceptors (Lipinski definition) is 4. The van der Waals surface area contributed by atoms with Crippen LogP contribution in [-0.2, 0) is 6.54 Å². The smallest absolute Gasteiger partial charge is 0.186 e. The molecule has 0 amide bonds. The molecule has 0 aliphatic rings.